The van der Waals surface area contributed by atoms with Crippen molar-refractivity contribution in [1.29, 1.82) is 0 Å². The summed E-state index contributed by atoms with van der Waals surface area (Å²) in [6.45, 7) is 2.20. The molecule has 6 aromatic carbocycles. The number of alkyl halides is 2. The Hall–Kier alpha value is -5.18. The number of fused-ring (bicyclic) bond motifs is 1. The number of benzene rings is 6. The summed E-state index contributed by atoms with van der Waals surface area (Å²) in [7, 11) is 0. The van der Waals surface area contributed by atoms with Gasteiger partial charge in [-0.15, -0.1) is 0 Å². The third-order valence-electron chi connectivity index (χ3n) is 11.0. The van der Waals surface area contributed by atoms with E-state index in [-0.39, 0.29) is 33.0 Å². The first-order valence-corrected chi connectivity index (χ1v) is 19.8. The lowest BCUT2D eigenvalue weighted by atomic mass is 9.85. The van der Waals surface area contributed by atoms with Crippen LogP contribution in [0.15, 0.2) is 152 Å². The van der Waals surface area contributed by atoms with Crippen LogP contribution in [0.5, 0.6) is 5.75 Å². The first-order chi connectivity index (χ1) is 27.9. The van der Waals surface area contributed by atoms with Crippen LogP contribution in [0.2, 0.25) is 0 Å². The smallest absolute Gasteiger partial charge is 0.304 e. The molecule has 0 N–H and O–H groups in total. The van der Waals surface area contributed by atoms with Crippen molar-refractivity contribution >= 4 is 0 Å². The van der Waals surface area contributed by atoms with Gasteiger partial charge in [0.1, 0.15) is 30.7 Å². The van der Waals surface area contributed by atoms with Crippen LogP contribution in [-0.4, -0.2) is 30.8 Å². The normalized spacial score (nSPS) is 19.7. The van der Waals surface area contributed by atoms with Crippen molar-refractivity contribution in [1.82, 2.24) is 0 Å². The third kappa shape index (κ3) is 9.35. The molecule has 6 aromatic rings. The average molecular weight is 767 g/mol. The van der Waals surface area contributed by atoms with Crippen molar-refractivity contribution in [3.8, 4) is 5.75 Å². The second-order valence-electron chi connectivity index (χ2n) is 15.1. The highest BCUT2D eigenvalue weighted by atomic mass is 19.3. The molecule has 1 heterocycles. The molecular formula is C50H48F2O5. The second-order valence-corrected chi connectivity index (χ2v) is 15.1. The summed E-state index contributed by atoms with van der Waals surface area (Å²) in [6.07, 6.45) is -2.69. The van der Waals surface area contributed by atoms with Gasteiger partial charge in [-0.25, -0.2) is 8.78 Å². The van der Waals surface area contributed by atoms with Crippen LogP contribution in [-0.2, 0) is 64.6 Å². The van der Waals surface area contributed by atoms with E-state index in [1.165, 1.54) is 16.7 Å². The molecule has 0 saturated carbocycles. The molecule has 1 aliphatic carbocycles. The van der Waals surface area contributed by atoms with Crippen LogP contribution in [0.25, 0.3) is 0 Å². The average Bonchev–Trinajstić information content (AvgIpc) is 3.23. The Balaban J connectivity index is 1.20. The zero-order valence-electron chi connectivity index (χ0n) is 32.2. The Morgan fingerprint density at radius 3 is 1.74 bits per heavy atom. The minimum absolute atomic E-state index is 0.0363. The maximum Gasteiger partial charge on any atom is 0.304 e. The van der Waals surface area contributed by atoms with E-state index >= 15 is 8.78 Å². The van der Waals surface area contributed by atoms with Crippen LogP contribution < -0.4 is 4.74 Å². The van der Waals surface area contributed by atoms with Crippen LogP contribution in [0.4, 0.5) is 8.78 Å². The molecule has 0 aromatic heterocycles. The second kappa shape index (κ2) is 18.0. The molecule has 2 aliphatic rings. The Labute approximate surface area is 334 Å². The minimum Gasteiger partial charge on any atom is -0.489 e. The van der Waals surface area contributed by atoms with Crippen LogP contribution in [0, 0.1) is 6.92 Å². The fourth-order valence-corrected chi connectivity index (χ4v) is 7.67. The molecule has 292 valence electrons. The van der Waals surface area contributed by atoms with Crippen molar-refractivity contribution in [2.24, 2.45) is 0 Å². The Kier molecular flexibility index (Phi) is 12.2. The van der Waals surface area contributed by atoms with Crippen molar-refractivity contribution in [3.05, 3.63) is 207 Å². The van der Waals surface area contributed by atoms with Gasteiger partial charge in [0, 0.05) is 5.56 Å². The predicted molar refractivity (Wildman–Crippen MR) is 217 cm³/mol. The summed E-state index contributed by atoms with van der Waals surface area (Å²) in [5, 5.41) is 0. The van der Waals surface area contributed by atoms with Gasteiger partial charge in [-0.1, -0.05) is 140 Å². The van der Waals surface area contributed by atoms with E-state index in [2.05, 4.69) is 31.2 Å². The zero-order valence-corrected chi connectivity index (χ0v) is 32.2. The summed E-state index contributed by atoms with van der Waals surface area (Å²) in [5.41, 5.74) is 10.2. The monoisotopic (exact) mass is 766 g/mol. The van der Waals surface area contributed by atoms with Gasteiger partial charge in [-0.05, 0) is 88.4 Å². The molecule has 0 amide bonds. The van der Waals surface area contributed by atoms with Crippen molar-refractivity contribution < 1.29 is 32.5 Å². The van der Waals surface area contributed by atoms with Gasteiger partial charge >= 0.3 is 5.92 Å². The summed E-state index contributed by atoms with van der Waals surface area (Å²) in [4.78, 5) is 0. The van der Waals surface area contributed by atoms with Gasteiger partial charge in [0.15, 0.2) is 6.10 Å². The van der Waals surface area contributed by atoms with E-state index in [1.54, 1.807) is 0 Å². The highest BCUT2D eigenvalue weighted by Crippen LogP contribution is 2.47. The molecule has 1 saturated heterocycles. The summed E-state index contributed by atoms with van der Waals surface area (Å²) >= 11 is 0. The zero-order chi connectivity index (χ0) is 39.0. The summed E-state index contributed by atoms with van der Waals surface area (Å²) < 4.78 is 66.5. The number of halogens is 2. The fraction of sp³-hybridized carbons (Fsp3) is 0.280. The van der Waals surface area contributed by atoms with E-state index in [1.807, 2.05) is 127 Å². The van der Waals surface area contributed by atoms with Crippen molar-refractivity contribution in [2.75, 3.05) is 6.61 Å². The SMILES string of the molecule is Cc1cc(OCc2ccccc2)c([C@@H]2O[C@H](COCc3ccccc3)C(F)(F)[C@H](OCc3ccccc3)[C@H]2OCc2ccccc2)cc1Cc1ccc2c(c1)CC2. The molecule has 0 spiro atoms. The van der Waals surface area contributed by atoms with Crippen LogP contribution in [0.1, 0.15) is 61.7 Å². The predicted octanol–water partition coefficient (Wildman–Crippen LogP) is 10.7. The van der Waals surface area contributed by atoms with E-state index < -0.39 is 30.3 Å². The standard InChI is InChI=1S/C50H48F2O5/c1-35-26-45(54-31-37-16-8-3-9-17-37)44(29-43(35)28-40-22-23-41-24-25-42(41)27-40)47-48(55-32-38-18-10-4-11-19-38)49(56-33-39-20-12-5-13-21-39)50(51,52)46(57-47)34-53-30-36-14-6-2-7-15-36/h2-23,26-27,29,46-49H,24-25,28,30-34H2,1H3/t46-,47+,48+,49-/m1/s1. The molecule has 8 rings (SSSR count). The minimum atomic E-state index is -3.49. The lowest BCUT2D eigenvalue weighted by Gasteiger charge is -2.46. The quantitative estimate of drug-likeness (QED) is 0.0982. The Bertz CT molecular complexity index is 2200. The van der Waals surface area contributed by atoms with Gasteiger partial charge in [-0.2, -0.15) is 0 Å². The number of hydrogen-bond acceptors (Lipinski definition) is 5. The number of hydrogen-bond donors (Lipinski definition) is 0. The van der Waals surface area contributed by atoms with Gasteiger partial charge in [-0.3, -0.25) is 0 Å². The summed E-state index contributed by atoms with van der Waals surface area (Å²) in [5.74, 6) is -2.94. The number of rotatable bonds is 16. The first kappa shape index (κ1) is 38.7. The molecule has 4 atom stereocenters. The molecule has 1 aliphatic heterocycles. The fourth-order valence-electron chi connectivity index (χ4n) is 7.67. The maximum atomic E-state index is 17.2. The molecule has 0 unspecified atom stereocenters. The molecule has 0 radical (unpaired) electrons. The third-order valence-corrected chi connectivity index (χ3v) is 11.0. The van der Waals surface area contributed by atoms with E-state index in [4.69, 9.17) is 23.7 Å². The van der Waals surface area contributed by atoms with Crippen LogP contribution in [0.3, 0.4) is 0 Å². The Morgan fingerprint density at radius 1 is 0.596 bits per heavy atom. The largest absolute Gasteiger partial charge is 0.489 e. The molecule has 57 heavy (non-hydrogen) atoms. The van der Waals surface area contributed by atoms with Gasteiger partial charge in [0.05, 0.1) is 26.4 Å². The molecular weight excluding hydrogens is 719 g/mol. The van der Waals surface area contributed by atoms with Crippen molar-refractivity contribution in [3.63, 3.8) is 0 Å². The van der Waals surface area contributed by atoms with E-state index in [0.717, 1.165) is 46.2 Å². The maximum absolute atomic E-state index is 17.2. The number of aryl methyl sites for hydroxylation is 3. The lowest BCUT2D eigenvalue weighted by molar-refractivity contribution is -0.320. The molecule has 0 bridgehead atoms. The van der Waals surface area contributed by atoms with E-state index in [9.17, 15) is 0 Å². The van der Waals surface area contributed by atoms with Gasteiger partial charge < -0.3 is 23.7 Å². The van der Waals surface area contributed by atoms with Gasteiger partial charge in [0.25, 0.3) is 0 Å². The highest BCUT2D eigenvalue weighted by molar-refractivity contribution is 5.48. The van der Waals surface area contributed by atoms with Crippen molar-refractivity contribution in [2.45, 2.75) is 83.0 Å². The molecule has 7 heteroatoms. The topological polar surface area (TPSA) is 46.2 Å². The first-order valence-electron chi connectivity index (χ1n) is 19.8. The number of ether oxygens (including phenoxy) is 5. The lowest BCUT2D eigenvalue weighted by Crippen LogP contribution is -2.61. The molecule has 1 fully saturated rings. The summed E-state index contributed by atoms with van der Waals surface area (Å²) in [6, 6.07) is 49.1. The van der Waals surface area contributed by atoms with E-state index in [0.29, 0.717) is 17.7 Å². The Morgan fingerprint density at radius 2 is 1.16 bits per heavy atom. The molecule has 5 nitrogen and oxygen atoms in total. The van der Waals surface area contributed by atoms with Crippen LogP contribution >= 0.6 is 0 Å². The highest BCUT2D eigenvalue weighted by Gasteiger charge is 2.60. The van der Waals surface area contributed by atoms with Gasteiger partial charge in [0.2, 0.25) is 0 Å².